The molecule has 1 heterocycles. The quantitative estimate of drug-likeness (QED) is 0.921. The highest BCUT2D eigenvalue weighted by atomic mass is 19.1. The Morgan fingerprint density at radius 1 is 1.05 bits per heavy atom. The van der Waals surface area contributed by atoms with Crippen LogP contribution in [-0.2, 0) is 12.8 Å². The predicted molar refractivity (Wildman–Crippen MR) is 74.2 cm³/mol. The Morgan fingerprint density at radius 2 is 1.85 bits per heavy atom. The molecule has 1 aliphatic rings. The summed E-state index contributed by atoms with van der Waals surface area (Å²) in [5.41, 5.74) is 2.89. The van der Waals surface area contributed by atoms with E-state index in [0.29, 0.717) is 12.2 Å². The third-order valence-electron chi connectivity index (χ3n) is 3.36. The van der Waals surface area contributed by atoms with E-state index in [0.717, 1.165) is 31.3 Å². The highest BCUT2D eigenvalue weighted by Crippen LogP contribution is 2.26. The Balaban J connectivity index is 1.59. The van der Waals surface area contributed by atoms with Gasteiger partial charge in [0.2, 0.25) is 0 Å². The number of benzene rings is 2. The molecule has 2 aromatic rings. The number of ether oxygens (including phenoxy) is 1. The highest BCUT2D eigenvalue weighted by Gasteiger charge is 2.11. The number of nitrogens with one attached hydrogen (secondary N) is 1. The first kappa shape index (κ1) is 12.9. The van der Waals surface area contributed by atoms with Crippen molar-refractivity contribution in [3.05, 3.63) is 59.2 Å². The van der Waals surface area contributed by atoms with Gasteiger partial charge in [-0.25, -0.2) is 8.78 Å². The molecular formula is C16H15F2NO. The van der Waals surface area contributed by atoms with E-state index >= 15 is 0 Å². The fourth-order valence-corrected chi connectivity index (χ4v) is 2.40. The summed E-state index contributed by atoms with van der Waals surface area (Å²) in [5, 5.41) is 3.03. The van der Waals surface area contributed by atoms with Crippen LogP contribution in [0.4, 0.5) is 14.5 Å². The monoisotopic (exact) mass is 275 g/mol. The number of halogens is 2. The highest BCUT2D eigenvalue weighted by molar-refractivity contribution is 5.44. The maximum Gasteiger partial charge on any atom is 0.128 e. The van der Waals surface area contributed by atoms with Crippen LogP contribution in [0.5, 0.6) is 5.75 Å². The Bertz CT molecular complexity index is 608. The van der Waals surface area contributed by atoms with Gasteiger partial charge in [0.25, 0.3) is 0 Å². The summed E-state index contributed by atoms with van der Waals surface area (Å²) in [4.78, 5) is 0. The summed E-state index contributed by atoms with van der Waals surface area (Å²) in [6, 6.07) is 9.60. The lowest BCUT2D eigenvalue weighted by Gasteiger charge is -2.08. The third-order valence-corrected chi connectivity index (χ3v) is 3.36. The van der Waals surface area contributed by atoms with Gasteiger partial charge in [-0.1, -0.05) is 12.1 Å². The zero-order valence-corrected chi connectivity index (χ0v) is 11.0. The lowest BCUT2D eigenvalue weighted by atomic mass is 10.1. The lowest BCUT2D eigenvalue weighted by Crippen LogP contribution is -2.05. The molecule has 0 fully saturated rings. The van der Waals surface area contributed by atoms with E-state index in [9.17, 15) is 8.78 Å². The van der Waals surface area contributed by atoms with Gasteiger partial charge in [-0.2, -0.15) is 0 Å². The minimum Gasteiger partial charge on any atom is -0.493 e. The van der Waals surface area contributed by atoms with Crippen molar-refractivity contribution in [2.45, 2.75) is 12.8 Å². The van der Waals surface area contributed by atoms with Crippen LogP contribution in [0.1, 0.15) is 11.1 Å². The molecule has 0 spiro atoms. The number of hydrogen-bond acceptors (Lipinski definition) is 2. The van der Waals surface area contributed by atoms with Crippen molar-refractivity contribution < 1.29 is 13.5 Å². The minimum atomic E-state index is -0.567. The fourth-order valence-electron chi connectivity index (χ4n) is 2.40. The molecule has 2 aromatic carbocycles. The van der Waals surface area contributed by atoms with E-state index < -0.39 is 11.6 Å². The first-order chi connectivity index (χ1) is 9.70. The summed E-state index contributed by atoms with van der Waals surface area (Å²) in [6.45, 7) is 1.38. The average Bonchev–Trinajstić information content (AvgIpc) is 2.85. The van der Waals surface area contributed by atoms with E-state index in [2.05, 4.69) is 11.4 Å². The average molecular weight is 275 g/mol. The number of anilines is 1. The van der Waals surface area contributed by atoms with Gasteiger partial charge in [0, 0.05) is 24.7 Å². The second-order valence-corrected chi connectivity index (χ2v) is 4.88. The molecule has 0 saturated carbocycles. The van der Waals surface area contributed by atoms with Crippen LogP contribution >= 0.6 is 0 Å². The molecule has 0 unspecified atom stereocenters. The van der Waals surface area contributed by atoms with Gasteiger partial charge in [0.1, 0.15) is 17.4 Å². The molecule has 0 saturated heterocycles. The van der Waals surface area contributed by atoms with E-state index in [-0.39, 0.29) is 0 Å². The zero-order valence-electron chi connectivity index (χ0n) is 11.0. The number of hydrogen-bond donors (Lipinski definition) is 1. The topological polar surface area (TPSA) is 21.3 Å². The smallest absolute Gasteiger partial charge is 0.128 e. The maximum atomic E-state index is 13.0. The lowest BCUT2D eigenvalue weighted by molar-refractivity contribution is 0.357. The van der Waals surface area contributed by atoms with Gasteiger partial charge in [0.05, 0.1) is 6.61 Å². The van der Waals surface area contributed by atoms with Crippen LogP contribution in [0.2, 0.25) is 0 Å². The molecule has 0 bridgehead atoms. The minimum absolute atomic E-state index is 0.465. The van der Waals surface area contributed by atoms with Crippen molar-refractivity contribution in [2.24, 2.45) is 0 Å². The Labute approximate surface area is 116 Å². The van der Waals surface area contributed by atoms with Gasteiger partial charge >= 0.3 is 0 Å². The molecule has 0 atom stereocenters. The van der Waals surface area contributed by atoms with Crippen molar-refractivity contribution in [1.82, 2.24) is 0 Å². The van der Waals surface area contributed by atoms with Gasteiger partial charge in [-0.05, 0) is 35.7 Å². The standard InChI is InChI=1S/C16H15F2NO/c17-13-8-14(18)10-15(9-13)19-5-3-11-1-2-16-12(7-11)4-6-20-16/h1-2,7-10,19H,3-6H2. The second kappa shape index (κ2) is 5.49. The van der Waals surface area contributed by atoms with Crippen LogP contribution in [-0.4, -0.2) is 13.2 Å². The number of rotatable bonds is 4. The molecule has 0 aliphatic carbocycles. The first-order valence-electron chi connectivity index (χ1n) is 6.65. The van der Waals surface area contributed by atoms with E-state index in [1.165, 1.54) is 23.3 Å². The largest absolute Gasteiger partial charge is 0.493 e. The Morgan fingerprint density at radius 3 is 2.65 bits per heavy atom. The first-order valence-corrected chi connectivity index (χ1v) is 6.65. The molecule has 0 aromatic heterocycles. The van der Waals surface area contributed by atoms with Crippen molar-refractivity contribution in [1.29, 1.82) is 0 Å². The normalized spacial score (nSPS) is 12.9. The van der Waals surface area contributed by atoms with Crippen LogP contribution in [0.3, 0.4) is 0 Å². The summed E-state index contributed by atoms with van der Waals surface area (Å²) in [5.74, 6) is -0.168. The van der Waals surface area contributed by atoms with Crippen molar-refractivity contribution >= 4 is 5.69 Å². The van der Waals surface area contributed by atoms with Crippen LogP contribution in [0.15, 0.2) is 36.4 Å². The van der Waals surface area contributed by atoms with Crippen molar-refractivity contribution in [2.75, 3.05) is 18.5 Å². The maximum absolute atomic E-state index is 13.0. The van der Waals surface area contributed by atoms with Gasteiger partial charge in [0.15, 0.2) is 0 Å². The van der Waals surface area contributed by atoms with Gasteiger partial charge < -0.3 is 10.1 Å². The van der Waals surface area contributed by atoms with Crippen LogP contribution < -0.4 is 10.1 Å². The Kier molecular flexibility index (Phi) is 3.54. The summed E-state index contributed by atoms with van der Waals surface area (Å²) >= 11 is 0. The molecule has 0 amide bonds. The molecule has 104 valence electrons. The van der Waals surface area contributed by atoms with Crippen LogP contribution in [0, 0.1) is 11.6 Å². The van der Waals surface area contributed by atoms with E-state index in [4.69, 9.17) is 4.74 Å². The molecule has 2 nitrogen and oxygen atoms in total. The van der Waals surface area contributed by atoms with E-state index in [1.807, 2.05) is 12.1 Å². The molecule has 20 heavy (non-hydrogen) atoms. The molecule has 0 radical (unpaired) electrons. The second-order valence-electron chi connectivity index (χ2n) is 4.88. The summed E-state index contributed by atoms with van der Waals surface area (Å²) in [7, 11) is 0. The van der Waals surface area contributed by atoms with Crippen molar-refractivity contribution in [3.63, 3.8) is 0 Å². The third kappa shape index (κ3) is 2.90. The molecule has 1 aliphatic heterocycles. The van der Waals surface area contributed by atoms with E-state index in [1.54, 1.807) is 0 Å². The van der Waals surface area contributed by atoms with Crippen molar-refractivity contribution in [3.8, 4) is 5.75 Å². The zero-order chi connectivity index (χ0) is 13.9. The Hall–Kier alpha value is -2.10. The number of fused-ring (bicyclic) bond motifs is 1. The fraction of sp³-hybridized carbons (Fsp3) is 0.250. The summed E-state index contributed by atoms with van der Waals surface area (Å²) in [6.07, 6.45) is 1.75. The van der Waals surface area contributed by atoms with Gasteiger partial charge in [-0.15, -0.1) is 0 Å². The molecule has 4 heteroatoms. The van der Waals surface area contributed by atoms with Gasteiger partial charge in [-0.3, -0.25) is 0 Å². The molecule has 1 N–H and O–H groups in total. The molecule has 3 rings (SSSR count). The van der Waals surface area contributed by atoms with Crippen LogP contribution in [0.25, 0.3) is 0 Å². The predicted octanol–water partition coefficient (Wildman–Crippen LogP) is 3.55. The molecular weight excluding hydrogens is 260 g/mol. The SMILES string of the molecule is Fc1cc(F)cc(NCCc2ccc3c(c2)CCO3)c1. The summed E-state index contributed by atoms with van der Waals surface area (Å²) < 4.78 is 31.5.